The van der Waals surface area contributed by atoms with Crippen LogP contribution in [0.25, 0.3) is 0 Å². The Kier molecular flexibility index (Phi) is 4.29. The van der Waals surface area contributed by atoms with E-state index >= 15 is 0 Å². The number of rotatable bonds is 6. The van der Waals surface area contributed by atoms with Gasteiger partial charge in [-0.3, -0.25) is 4.79 Å². The summed E-state index contributed by atoms with van der Waals surface area (Å²) in [6.45, 7) is 6.25. The predicted octanol–water partition coefficient (Wildman–Crippen LogP) is 4.46. The number of hydrogen-bond donors (Lipinski definition) is 0. The minimum Gasteiger partial charge on any atom is -0.341 e. The van der Waals surface area contributed by atoms with Crippen molar-refractivity contribution in [2.24, 2.45) is 22.7 Å². The third kappa shape index (κ3) is 2.85. The second-order valence-corrected chi connectivity index (χ2v) is 8.76. The molecule has 4 fully saturated rings. The van der Waals surface area contributed by atoms with Crippen molar-refractivity contribution in [3.8, 4) is 0 Å². The number of unbranched alkanes of at least 4 members (excludes halogenated alkanes) is 1. The molecule has 4 aliphatic carbocycles. The highest BCUT2D eigenvalue weighted by atomic mass is 35.5. The molecule has 0 radical (unpaired) electrons. The summed E-state index contributed by atoms with van der Waals surface area (Å²) in [5, 5.41) is 0. The zero-order valence-electron chi connectivity index (χ0n) is 13.7. The van der Waals surface area contributed by atoms with E-state index in [1.54, 1.807) is 0 Å². The maximum atomic E-state index is 13.3. The van der Waals surface area contributed by atoms with Crippen molar-refractivity contribution in [3.63, 3.8) is 0 Å². The fourth-order valence-corrected chi connectivity index (χ4v) is 6.28. The first-order valence-electron chi connectivity index (χ1n) is 8.86. The molecule has 120 valence electrons. The molecule has 1 amide bonds. The Bertz CT molecular complexity index is 394. The van der Waals surface area contributed by atoms with Gasteiger partial charge in [0.25, 0.3) is 0 Å². The van der Waals surface area contributed by atoms with E-state index in [0.717, 1.165) is 57.0 Å². The predicted molar refractivity (Wildman–Crippen MR) is 87.4 cm³/mol. The van der Waals surface area contributed by atoms with Crippen LogP contribution in [0.4, 0.5) is 0 Å². The highest BCUT2D eigenvalue weighted by molar-refractivity contribution is 6.18. The summed E-state index contributed by atoms with van der Waals surface area (Å²) in [7, 11) is 0. The number of halogens is 1. The average Bonchev–Trinajstić information content (AvgIpc) is 2.40. The quantitative estimate of drug-likeness (QED) is 0.663. The summed E-state index contributed by atoms with van der Waals surface area (Å²) in [5.41, 5.74) is 0.412. The van der Waals surface area contributed by atoms with Gasteiger partial charge in [-0.05, 0) is 62.2 Å². The van der Waals surface area contributed by atoms with E-state index in [2.05, 4.69) is 18.7 Å². The van der Waals surface area contributed by atoms with Gasteiger partial charge in [0, 0.05) is 19.0 Å². The molecule has 0 aliphatic heterocycles. The number of hydrogen-bond acceptors (Lipinski definition) is 1. The molecule has 4 aliphatic rings. The highest BCUT2D eigenvalue weighted by Gasteiger charge is 2.59. The summed E-state index contributed by atoms with van der Waals surface area (Å²) < 4.78 is 0. The van der Waals surface area contributed by atoms with Crippen molar-refractivity contribution >= 4 is 17.5 Å². The van der Waals surface area contributed by atoms with Gasteiger partial charge in [-0.15, -0.1) is 11.6 Å². The van der Waals surface area contributed by atoms with Crippen molar-refractivity contribution in [1.82, 2.24) is 4.90 Å². The van der Waals surface area contributed by atoms with E-state index < -0.39 is 0 Å². The van der Waals surface area contributed by atoms with Crippen LogP contribution in [-0.4, -0.2) is 29.8 Å². The van der Waals surface area contributed by atoms with Crippen LogP contribution in [0, 0.1) is 22.7 Å². The largest absolute Gasteiger partial charge is 0.341 e. The Morgan fingerprint density at radius 2 is 1.86 bits per heavy atom. The lowest BCUT2D eigenvalue weighted by Crippen LogP contribution is -2.57. The van der Waals surface area contributed by atoms with Gasteiger partial charge in [0.1, 0.15) is 0 Å². The van der Waals surface area contributed by atoms with Gasteiger partial charge in [-0.1, -0.05) is 20.3 Å². The van der Waals surface area contributed by atoms with Gasteiger partial charge in [0.2, 0.25) is 5.91 Å². The lowest BCUT2D eigenvalue weighted by molar-refractivity contribution is -0.165. The fraction of sp³-hybridized carbons (Fsp3) is 0.944. The van der Waals surface area contributed by atoms with Gasteiger partial charge < -0.3 is 4.90 Å². The van der Waals surface area contributed by atoms with Crippen molar-refractivity contribution in [2.45, 2.75) is 65.2 Å². The van der Waals surface area contributed by atoms with Crippen LogP contribution in [0.3, 0.4) is 0 Å². The number of carbonyl (C=O) groups is 1. The Balaban J connectivity index is 1.79. The molecule has 0 aromatic carbocycles. The molecule has 4 rings (SSSR count). The van der Waals surface area contributed by atoms with Crippen LogP contribution in [-0.2, 0) is 4.79 Å². The topological polar surface area (TPSA) is 20.3 Å². The summed E-state index contributed by atoms with van der Waals surface area (Å²) in [4.78, 5) is 15.4. The number of carbonyl (C=O) groups excluding carboxylic acids is 1. The number of alkyl halides is 1. The van der Waals surface area contributed by atoms with Crippen LogP contribution in [0.1, 0.15) is 65.2 Å². The molecule has 0 aromatic rings. The molecule has 2 nitrogen and oxygen atoms in total. The fourth-order valence-electron chi connectivity index (χ4n) is 6.07. The molecular weight excluding hydrogens is 282 g/mol. The summed E-state index contributed by atoms with van der Waals surface area (Å²) in [6.07, 6.45) is 9.80. The van der Waals surface area contributed by atoms with Gasteiger partial charge in [0.15, 0.2) is 0 Å². The standard InChI is InChI=1S/C18H30ClNO/c1-3-4-6-20(7-5-19)16(21)18-11-14-8-15(12-18)10-17(2,9-14)13-18/h14-15H,3-13H2,1-2H3. The smallest absolute Gasteiger partial charge is 0.228 e. The first-order valence-corrected chi connectivity index (χ1v) is 9.39. The van der Waals surface area contributed by atoms with Crippen molar-refractivity contribution < 1.29 is 4.79 Å². The van der Waals surface area contributed by atoms with Gasteiger partial charge >= 0.3 is 0 Å². The van der Waals surface area contributed by atoms with Crippen LogP contribution < -0.4 is 0 Å². The number of amides is 1. The van der Waals surface area contributed by atoms with E-state index in [1.165, 1.54) is 19.3 Å². The highest BCUT2D eigenvalue weighted by Crippen LogP contribution is 2.65. The van der Waals surface area contributed by atoms with Crippen LogP contribution in [0.15, 0.2) is 0 Å². The maximum Gasteiger partial charge on any atom is 0.228 e. The Morgan fingerprint density at radius 3 is 2.38 bits per heavy atom. The van der Waals surface area contributed by atoms with Crippen LogP contribution >= 0.6 is 11.6 Å². The molecule has 0 aromatic heterocycles. The second kappa shape index (κ2) is 5.76. The van der Waals surface area contributed by atoms with Gasteiger partial charge in [0.05, 0.1) is 5.41 Å². The van der Waals surface area contributed by atoms with E-state index in [1.807, 2.05) is 0 Å². The van der Waals surface area contributed by atoms with Crippen LogP contribution in [0.2, 0.25) is 0 Å². The molecular formula is C18H30ClNO. The maximum absolute atomic E-state index is 13.3. The molecule has 0 N–H and O–H groups in total. The molecule has 4 saturated carbocycles. The molecule has 0 spiro atoms. The third-order valence-corrected chi connectivity index (χ3v) is 6.40. The number of nitrogens with zero attached hydrogens (tertiary/aromatic N) is 1. The Hall–Kier alpha value is -0.240. The third-order valence-electron chi connectivity index (χ3n) is 6.23. The molecule has 2 atom stereocenters. The Labute approximate surface area is 134 Å². The van der Waals surface area contributed by atoms with Gasteiger partial charge in [-0.2, -0.15) is 0 Å². The average molecular weight is 312 g/mol. The summed E-state index contributed by atoms with van der Waals surface area (Å²) >= 11 is 5.96. The molecule has 4 bridgehead atoms. The lowest BCUT2D eigenvalue weighted by Gasteiger charge is -2.61. The molecule has 2 unspecified atom stereocenters. The summed E-state index contributed by atoms with van der Waals surface area (Å²) in [6, 6.07) is 0. The zero-order chi connectivity index (χ0) is 15.1. The normalized spacial score (nSPS) is 40.5. The Morgan fingerprint density at radius 1 is 1.19 bits per heavy atom. The minimum atomic E-state index is -0.0291. The zero-order valence-corrected chi connectivity index (χ0v) is 14.4. The monoisotopic (exact) mass is 311 g/mol. The lowest BCUT2D eigenvalue weighted by atomic mass is 9.44. The van der Waals surface area contributed by atoms with E-state index in [9.17, 15) is 4.79 Å². The van der Waals surface area contributed by atoms with E-state index in [-0.39, 0.29) is 5.41 Å². The van der Waals surface area contributed by atoms with Crippen molar-refractivity contribution in [2.75, 3.05) is 19.0 Å². The summed E-state index contributed by atoms with van der Waals surface area (Å²) in [5.74, 6) is 2.63. The van der Waals surface area contributed by atoms with E-state index in [4.69, 9.17) is 11.6 Å². The first-order chi connectivity index (χ1) is 10.0. The molecule has 21 heavy (non-hydrogen) atoms. The van der Waals surface area contributed by atoms with Crippen LogP contribution in [0.5, 0.6) is 0 Å². The molecule has 3 heteroatoms. The van der Waals surface area contributed by atoms with Crippen molar-refractivity contribution in [3.05, 3.63) is 0 Å². The van der Waals surface area contributed by atoms with Crippen molar-refractivity contribution in [1.29, 1.82) is 0 Å². The first kappa shape index (κ1) is 15.6. The van der Waals surface area contributed by atoms with Gasteiger partial charge in [-0.25, -0.2) is 0 Å². The second-order valence-electron chi connectivity index (χ2n) is 8.39. The SMILES string of the molecule is CCCCN(CCCl)C(=O)C12CC3CC(CC(C)(C3)C1)C2. The van der Waals surface area contributed by atoms with E-state index in [0.29, 0.717) is 17.2 Å². The minimum absolute atomic E-state index is 0.0291. The molecule has 0 saturated heterocycles. The molecule has 0 heterocycles.